The molecule has 0 aliphatic carbocycles. The predicted molar refractivity (Wildman–Crippen MR) is 66.3 cm³/mol. The number of nitrogens with one attached hydrogen (secondary N) is 1. The van der Waals surface area contributed by atoms with E-state index in [1.807, 2.05) is 18.2 Å². The lowest BCUT2D eigenvalue weighted by Gasteiger charge is -2.06. The lowest BCUT2D eigenvalue weighted by molar-refractivity contribution is 0.322. The second-order valence-corrected chi connectivity index (χ2v) is 4.43. The Labute approximate surface area is 100 Å². The summed E-state index contributed by atoms with van der Waals surface area (Å²) in [7, 11) is 0. The maximum atomic E-state index is 9.02. The summed E-state index contributed by atoms with van der Waals surface area (Å²) < 4.78 is 0. The van der Waals surface area contributed by atoms with Gasteiger partial charge in [-0.3, -0.25) is 0 Å². The molecule has 0 radical (unpaired) electrons. The molecule has 0 saturated carbocycles. The minimum atomic E-state index is 0.134. The van der Waals surface area contributed by atoms with Crippen LogP contribution in [0.15, 0.2) is 23.1 Å². The molecule has 0 saturated heterocycles. The van der Waals surface area contributed by atoms with E-state index in [0.29, 0.717) is 11.3 Å². The average molecular weight is 236 g/mol. The molecule has 4 heteroatoms. The molecule has 0 spiro atoms. The van der Waals surface area contributed by atoms with Gasteiger partial charge in [-0.05, 0) is 24.2 Å². The number of benzene rings is 1. The maximum Gasteiger partial charge on any atom is 0.100 e. The fraction of sp³-hybridized carbons (Fsp3) is 0.417. The van der Waals surface area contributed by atoms with Crippen LogP contribution in [0.4, 0.5) is 0 Å². The van der Waals surface area contributed by atoms with Gasteiger partial charge in [-0.25, -0.2) is 0 Å². The summed E-state index contributed by atoms with van der Waals surface area (Å²) in [5, 5.41) is 21.0. The highest BCUT2D eigenvalue weighted by molar-refractivity contribution is 7.99. The van der Waals surface area contributed by atoms with Gasteiger partial charge in [0, 0.05) is 17.2 Å². The monoisotopic (exact) mass is 236 g/mol. The van der Waals surface area contributed by atoms with Gasteiger partial charge in [0.15, 0.2) is 0 Å². The molecule has 0 atom stereocenters. The molecule has 16 heavy (non-hydrogen) atoms. The van der Waals surface area contributed by atoms with E-state index in [1.54, 1.807) is 0 Å². The van der Waals surface area contributed by atoms with Crippen molar-refractivity contribution in [3.05, 3.63) is 29.3 Å². The summed E-state index contributed by atoms with van der Waals surface area (Å²) in [5.41, 5.74) is 1.81. The van der Waals surface area contributed by atoms with Crippen LogP contribution in [0.5, 0.6) is 0 Å². The molecule has 0 fully saturated rings. The molecular weight excluding hydrogens is 220 g/mol. The summed E-state index contributed by atoms with van der Waals surface area (Å²) in [6, 6.07) is 8.06. The highest BCUT2D eigenvalue weighted by Crippen LogP contribution is 2.23. The Balaban J connectivity index is 2.77. The Morgan fingerprint density at radius 3 is 2.94 bits per heavy atom. The zero-order chi connectivity index (χ0) is 11.8. The van der Waals surface area contributed by atoms with Gasteiger partial charge < -0.3 is 10.4 Å². The van der Waals surface area contributed by atoms with Gasteiger partial charge >= 0.3 is 0 Å². The number of rotatable bonds is 6. The number of nitrogens with zero attached hydrogens (tertiary/aromatic N) is 1. The first kappa shape index (κ1) is 13.0. The highest BCUT2D eigenvalue weighted by atomic mass is 32.2. The van der Waals surface area contributed by atoms with Crippen molar-refractivity contribution in [3.63, 3.8) is 0 Å². The SMILES string of the molecule is CCNCc1ccc(SCCO)c(C#N)c1. The zero-order valence-corrected chi connectivity index (χ0v) is 10.2. The van der Waals surface area contributed by atoms with Crippen LogP contribution in [-0.2, 0) is 6.54 Å². The summed E-state index contributed by atoms with van der Waals surface area (Å²) >= 11 is 1.51. The molecule has 0 amide bonds. The van der Waals surface area contributed by atoms with Crippen LogP contribution < -0.4 is 5.32 Å². The van der Waals surface area contributed by atoms with Crippen LogP contribution in [-0.4, -0.2) is 24.0 Å². The Morgan fingerprint density at radius 1 is 1.50 bits per heavy atom. The van der Waals surface area contributed by atoms with Crippen molar-refractivity contribution in [2.24, 2.45) is 0 Å². The summed E-state index contributed by atoms with van der Waals surface area (Å²) in [4.78, 5) is 0.941. The van der Waals surface area contributed by atoms with Gasteiger partial charge in [-0.2, -0.15) is 5.26 Å². The molecule has 0 bridgehead atoms. The summed E-state index contributed by atoms with van der Waals surface area (Å²) in [6.07, 6.45) is 0. The predicted octanol–water partition coefficient (Wildman–Crippen LogP) is 1.75. The largest absolute Gasteiger partial charge is 0.396 e. The third-order valence-corrected chi connectivity index (χ3v) is 3.15. The minimum absolute atomic E-state index is 0.134. The van der Waals surface area contributed by atoms with E-state index in [0.717, 1.165) is 23.5 Å². The minimum Gasteiger partial charge on any atom is -0.396 e. The van der Waals surface area contributed by atoms with Crippen LogP contribution in [0.1, 0.15) is 18.1 Å². The van der Waals surface area contributed by atoms with Gasteiger partial charge in [0.05, 0.1) is 12.2 Å². The summed E-state index contributed by atoms with van der Waals surface area (Å²) in [6.45, 7) is 3.89. The second kappa shape index (κ2) is 7.29. The first-order valence-corrected chi connectivity index (χ1v) is 6.27. The number of thioether (sulfide) groups is 1. The number of aliphatic hydroxyl groups excluding tert-OH is 1. The molecular formula is C12H16N2OS. The molecule has 0 heterocycles. The van der Waals surface area contributed by atoms with Crippen LogP contribution in [0.3, 0.4) is 0 Å². The standard InChI is InChI=1S/C12H16N2OS/c1-2-14-9-10-3-4-12(16-6-5-15)11(7-10)8-13/h3-4,7,14-15H,2,5-6,9H2,1H3. The third kappa shape index (κ3) is 3.86. The van der Waals surface area contributed by atoms with E-state index >= 15 is 0 Å². The second-order valence-electron chi connectivity index (χ2n) is 3.29. The Morgan fingerprint density at radius 2 is 2.31 bits per heavy atom. The van der Waals surface area contributed by atoms with Crippen molar-refractivity contribution in [3.8, 4) is 6.07 Å². The maximum absolute atomic E-state index is 9.02. The van der Waals surface area contributed by atoms with Crippen molar-refractivity contribution in [2.45, 2.75) is 18.4 Å². The van der Waals surface area contributed by atoms with Gasteiger partial charge in [-0.15, -0.1) is 11.8 Å². The fourth-order valence-corrected chi connectivity index (χ4v) is 2.06. The van der Waals surface area contributed by atoms with E-state index in [2.05, 4.69) is 18.3 Å². The van der Waals surface area contributed by atoms with Gasteiger partial charge in [0.1, 0.15) is 6.07 Å². The topological polar surface area (TPSA) is 56.0 Å². The molecule has 0 aliphatic rings. The van der Waals surface area contributed by atoms with Crippen molar-refractivity contribution in [1.82, 2.24) is 5.32 Å². The molecule has 86 valence electrons. The third-order valence-electron chi connectivity index (χ3n) is 2.09. The lowest BCUT2D eigenvalue weighted by atomic mass is 10.1. The smallest absolute Gasteiger partial charge is 0.100 e. The molecule has 1 rings (SSSR count). The number of hydrogen-bond donors (Lipinski definition) is 2. The van der Waals surface area contributed by atoms with Crippen molar-refractivity contribution < 1.29 is 5.11 Å². The van der Waals surface area contributed by atoms with Gasteiger partial charge in [0.25, 0.3) is 0 Å². The Bertz CT molecular complexity index is 374. The van der Waals surface area contributed by atoms with Crippen LogP contribution in [0, 0.1) is 11.3 Å². The number of nitriles is 1. The van der Waals surface area contributed by atoms with E-state index in [-0.39, 0.29) is 6.61 Å². The molecule has 1 aromatic carbocycles. The van der Waals surface area contributed by atoms with Crippen LogP contribution in [0.2, 0.25) is 0 Å². The van der Waals surface area contributed by atoms with Crippen molar-refractivity contribution in [1.29, 1.82) is 5.26 Å². The molecule has 1 aromatic rings. The molecule has 0 aliphatic heterocycles. The Kier molecular flexibility index (Phi) is 5.94. The van der Waals surface area contributed by atoms with E-state index in [1.165, 1.54) is 11.8 Å². The number of aliphatic hydroxyl groups is 1. The zero-order valence-electron chi connectivity index (χ0n) is 9.36. The normalized spacial score (nSPS) is 10.1. The van der Waals surface area contributed by atoms with Crippen LogP contribution >= 0.6 is 11.8 Å². The van der Waals surface area contributed by atoms with Crippen LogP contribution in [0.25, 0.3) is 0 Å². The Hall–Kier alpha value is -1.02. The van der Waals surface area contributed by atoms with E-state index in [4.69, 9.17) is 10.4 Å². The highest BCUT2D eigenvalue weighted by Gasteiger charge is 2.03. The van der Waals surface area contributed by atoms with Gasteiger partial charge in [0.2, 0.25) is 0 Å². The average Bonchev–Trinajstić information content (AvgIpc) is 2.34. The molecule has 0 unspecified atom stereocenters. The van der Waals surface area contributed by atoms with Gasteiger partial charge in [-0.1, -0.05) is 13.0 Å². The first-order valence-electron chi connectivity index (χ1n) is 5.29. The lowest BCUT2D eigenvalue weighted by Crippen LogP contribution is -2.11. The van der Waals surface area contributed by atoms with E-state index in [9.17, 15) is 0 Å². The van der Waals surface area contributed by atoms with Crippen molar-refractivity contribution >= 4 is 11.8 Å². The quantitative estimate of drug-likeness (QED) is 0.739. The molecule has 3 nitrogen and oxygen atoms in total. The first-order chi connectivity index (χ1) is 7.81. The van der Waals surface area contributed by atoms with E-state index < -0.39 is 0 Å². The molecule has 2 N–H and O–H groups in total. The fourth-order valence-electron chi connectivity index (χ4n) is 1.33. The molecule has 0 aromatic heterocycles. The number of hydrogen-bond acceptors (Lipinski definition) is 4. The summed E-state index contributed by atoms with van der Waals surface area (Å²) in [5.74, 6) is 0.626. The van der Waals surface area contributed by atoms with Crippen molar-refractivity contribution in [2.75, 3.05) is 18.9 Å².